The Morgan fingerprint density at radius 3 is 2.53 bits per heavy atom. The lowest BCUT2D eigenvalue weighted by Gasteiger charge is -2.11. The predicted molar refractivity (Wildman–Crippen MR) is 88.4 cm³/mol. The van der Waals surface area contributed by atoms with E-state index in [2.05, 4.69) is 76.8 Å². The van der Waals surface area contributed by atoms with E-state index >= 15 is 0 Å². The third-order valence-corrected chi connectivity index (χ3v) is 3.78. The summed E-state index contributed by atoms with van der Waals surface area (Å²) in [6.07, 6.45) is 2.96. The molecule has 0 fully saturated rings. The monoisotopic (exact) mass is 367 g/mol. The summed E-state index contributed by atoms with van der Waals surface area (Å²) in [4.78, 5) is 9.15. The number of anilines is 1. The lowest BCUT2D eigenvalue weighted by Crippen LogP contribution is -2.06. The zero-order valence-corrected chi connectivity index (χ0v) is 13.7. The molecule has 0 bridgehead atoms. The Balaban J connectivity index is 2.45. The molecule has 0 aliphatic heterocycles. The summed E-state index contributed by atoms with van der Waals surface area (Å²) >= 11 is 2.27. The summed E-state index contributed by atoms with van der Waals surface area (Å²) in [5.41, 5.74) is 3.56. The van der Waals surface area contributed by atoms with Crippen LogP contribution in [0.3, 0.4) is 0 Å². The molecule has 0 saturated heterocycles. The number of nitrogens with one attached hydrogen (secondary N) is 1. The molecule has 2 rings (SSSR count). The molecule has 0 aliphatic rings. The molecule has 1 aromatic heterocycles. The summed E-state index contributed by atoms with van der Waals surface area (Å²) in [5, 5.41) is 3.35. The van der Waals surface area contributed by atoms with Gasteiger partial charge in [0.15, 0.2) is 5.82 Å². The van der Waals surface area contributed by atoms with Crippen molar-refractivity contribution in [1.82, 2.24) is 9.97 Å². The number of halogens is 1. The Bertz CT molecular complexity index is 561. The average molecular weight is 367 g/mol. The molecule has 0 unspecified atom stereocenters. The molecule has 0 amide bonds. The molecular weight excluding hydrogens is 349 g/mol. The largest absolute Gasteiger partial charge is 0.369 e. The van der Waals surface area contributed by atoms with Crippen LogP contribution in [0.1, 0.15) is 24.5 Å². The van der Waals surface area contributed by atoms with Gasteiger partial charge in [-0.2, -0.15) is 0 Å². The zero-order valence-electron chi connectivity index (χ0n) is 11.5. The molecule has 100 valence electrons. The van der Waals surface area contributed by atoms with Crippen LogP contribution in [0.4, 0.5) is 5.82 Å². The quantitative estimate of drug-likeness (QED) is 0.824. The smallest absolute Gasteiger partial charge is 0.162 e. The Kier molecular flexibility index (Phi) is 4.74. The van der Waals surface area contributed by atoms with Crippen LogP contribution in [0.2, 0.25) is 0 Å². The second-order valence-electron chi connectivity index (χ2n) is 4.58. The molecule has 0 spiro atoms. The van der Waals surface area contributed by atoms with Crippen LogP contribution >= 0.6 is 22.6 Å². The highest BCUT2D eigenvalue weighted by atomic mass is 127. The molecular formula is C15H18IN3. The minimum atomic E-state index is 0.801. The SMILES string of the molecule is CCCNc1nc(-c2c(C)cccc2C)ncc1I. The minimum absolute atomic E-state index is 0.801. The maximum Gasteiger partial charge on any atom is 0.162 e. The van der Waals surface area contributed by atoms with E-state index in [4.69, 9.17) is 0 Å². The van der Waals surface area contributed by atoms with Crippen LogP contribution in [-0.4, -0.2) is 16.5 Å². The van der Waals surface area contributed by atoms with E-state index in [1.54, 1.807) is 0 Å². The number of aromatic nitrogens is 2. The first-order valence-electron chi connectivity index (χ1n) is 6.46. The number of benzene rings is 1. The standard InChI is InChI=1S/C15H18IN3/c1-4-8-17-14-12(16)9-18-15(19-14)13-10(2)6-5-7-11(13)3/h5-7,9H,4,8H2,1-3H3,(H,17,18,19). The van der Waals surface area contributed by atoms with Crippen molar-refractivity contribution in [2.24, 2.45) is 0 Å². The van der Waals surface area contributed by atoms with Crippen molar-refractivity contribution < 1.29 is 0 Å². The van der Waals surface area contributed by atoms with Crippen molar-refractivity contribution in [2.45, 2.75) is 27.2 Å². The molecule has 1 N–H and O–H groups in total. The fraction of sp³-hybridized carbons (Fsp3) is 0.333. The highest BCUT2D eigenvalue weighted by molar-refractivity contribution is 14.1. The number of nitrogens with zero attached hydrogens (tertiary/aromatic N) is 2. The van der Waals surface area contributed by atoms with Gasteiger partial charge in [0, 0.05) is 18.3 Å². The Hall–Kier alpha value is -1.17. The fourth-order valence-electron chi connectivity index (χ4n) is 2.02. The van der Waals surface area contributed by atoms with Gasteiger partial charge in [-0.3, -0.25) is 0 Å². The van der Waals surface area contributed by atoms with Crippen molar-refractivity contribution in [3.63, 3.8) is 0 Å². The highest BCUT2D eigenvalue weighted by Gasteiger charge is 2.10. The molecule has 2 aromatic rings. The molecule has 19 heavy (non-hydrogen) atoms. The van der Waals surface area contributed by atoms with E-state index in [9.17, 15) is 0 Å². The first-order valence-corrected chi connectivity index (χ1v) is 7.54. The van der Waals surface area contributed by atoms with Gasteiger partial charge in [-0.1, -0.05) is 25.1 Å². The van der Waals surface area contributed by atoms with Gasteiger partial charge < -0.3 is 5.32 Å². The van der Waals surface area contributed by atoms with Gasteiger partial charge in [0.05, 0.1) is 3.57 Å². The Morgan fingerprint density at radius 1 is 1.21 bits per heavy atom. The Labute approximate surface area is 128 Å². The van der Waals surface area contributed by atoms with Gasteiger partial charge in [-0.25, -0.2) is 9.97 Å². The third-order valence-electron chi connectivity index (χ3n) is 2.99. The first-order chi connectivity index (χ1) is 9.13. The van der Waals surface area contributed by atoms with Crippen molar-refractivity contribution in [3.8, 4) is 11.4 Å². The van der Waals surface area contributed by atoms with E-state index in [0.29, 0.717) is 0 Å². The van der Waals surface area contributed by atoms with E-state index < -0.39 is 0 Å². The van der Waals surface area contributed by atoms with Gasteiger partial charge in [0.25, 0.3) is 0 Å². The van der Waals surface area contributed by atoms with Gasteiger partial charge in [-0.15, -0.1) is 0 Å². The van der Waals surface area contributed by atoms with Crippen molar-refractivity contribution in [3.05, 3.63) is 39.1 Å². The zero-order chi connectivity index (χ0) is 13.8. The lowest BCUT2D eigenvalue weighted by atomic mass is 10.0. The van der Waals surface area contributed by atoms with Gasteiger partial charge in [-0.05, 0) is 54.0 Å². The molecule has 1 aromatic carbocycles. The number of hydrogen-bond acceptors (Lipinski definition) is 3. The van der Waals surface area contributed by atoms with Crippen molar-refractivity contribution in [2.75, 3.05) is 11.9 Å². The molecule has 0 radical (unpaired) electrons. The van der Waals surface area contributed by atoms with E-state index in [1.807, 2.05) is 6.20 Å². The van der Waals surface area contributed by atoms with Gasteiger partial charge >= 0.3 is 0 Å². The van der Waals surface area contributed by atoms with Crippen LogP contribution < -0.4 is 5.32 Å². The van der Waals surface area contributed by atoms with Crippen LogP contribution in [0.5, 0.6) is 0 Å². The second-order valence-corrected chi connectivity index (χ2v) is 5.75. The van der Waals surface area contributed by atoms with Crippen molar-refractivity contribution >= 4 is 28.4 Å². The minimum Gasteiger partial charge on any atom is -0.369 e. The highest BCUT2D eigenvalue weighted by Crippen LogP contribution is 2.26. The second kappa shape index (κ2) is 6.32. The molecule has 3 nitrogen and oxygen atoms in total. The topological polar surface area (TPSA) is 37.8 Å². The maximum absolute atomic E-state index is 4.67. The number of hydrogen-bond donors (Lipinski definition) is 1. The average Bonchev–Trinajstić information content (AvgIpc) is 2.39. The van der Waals surface area contributed by atoms with Crippen LogP contribution in [0.15, 0.2) is 24.4 Å². The van der Waals surface area contributed by atoms with E-state index in [0.717, 1.165) is 33.7 Å². The summed E-state index contributed by atoms with van der Waals surface area (Å²) in [7, 11) is 0. The maximum atomic E-state index is 4.67. The van der Waals surface area contributed by atoms with Gasteiger partial charge in [0.2, 0.25) is 0 Å². The van der Waals surface area contributed by atoms with Crippen LogP contribution in [0.25, 0.3) is 11.4 Å². The molecule has 0 aliphatic carbocycles. The number of aryl methyl sites for hydroxylation is 2. The van der Waals surface area contributed by atoms with E-state index in [-0.39, 0.29) is 0 Å². The summed E-state index contributed by atoms with van der Waals surface area (Å²) in [6, 6.07) is 6.27. The fourth-order valence-corrected chi connectivity index (χ4v) is 2.47. The lowest BCUT2D eigenvalue weighted by molar-refractivity contribution is 0.962. The van der Waals surface area contributed by atoms with Gasteiger partial charge in [0.1, 0.15) is 5.82 Å². The van der Waals surface area contributed by atoms with Crippen LogP contribution in [-0.2, 0) is 0 Å². The molecule has 4 heteroatoms. The molecule has 1 heterocycles. The first kappa shape index (κ1) is 14.2. The predicted octanol–water partition coefficient (Wildman–Crippen LogP) is 4.19. The third kappa shape index (κ3) is 3.23. The molecule has 0 atom stereocenters. The molecule has 0 saturated carbocycles. The Morgan fingerprint density at radius 2 is 1.89 bits per heavy atom. The summed E-state index contributed by atoms with van der Waals surface area (Å²) in [6.45, 7) is 7.28. The normalized spacial score (nSPS) is 10.5. The van der Waals surface area contributed by atoms with E-state index in [1.165, 1.54) is 11.1 Å². The summed E-state index contributed by atoms with van der Waals surface area (Å²) < 4.78 is 1.06. The van der Waals surface area contributed by atoms with Crippen molar-refractivity contribution in [1.29, 1.82) is 0 Å². The van der Waals surface area contributed by atoms with Crippen LogP contribution in [0, 0.1) is 17.4 Å². The summed E-state index contributed by atoms with van der Waals surface area (Å²) in [5.74, 6) is 1.73. The number of rotatable bonds is 4.